The molecule has 0 unspecified atom stereocenters. The summed E-state index contributed by atoms with van der Waals surface area (Å²) in [5.74, 6) is -2.98. The van der Waals surface area contributed by atoms with Crippen molar-refractivity contribution in [2.24, 2.45) is 5.73 Å². The Balaban J connectivity index is 0.000000221. The molecule has 0 fully saturated rings. The molecule has 2 rings (SSSR count). The lowest BCUT2D eigenvalue weighted by atomic mass is 10.1. The number of aliphatic carboxylic acids is 2. The van der Waals surface area contributed by atoms with Gasteiger partial charge in [-0.25, -0.2) is 9.59 Å². The Morgan fingerprint density at radius 1 is 1.05 bits per heavy atom. The monoisotopic (exact) mass is 277 g/mol. The first-order valence-electron chi connectivity index (χ1n) is 5.31. The molecule has 0 saturated carbocycles. The lowest BCUT2D eigenvalue weighted by molar-refractivity contribution is -0.134. The summed E-state index contributed by atoms with van der Waals surface area (Å²) in [6.07, 6.45) is 2.65. The number of amides is 1. The van der Waals surface area contributed by atoms with Crippen LogP contribution in [0.1, 0.15) is 10.4 Å². The fourth-order valence-corrected chi connectivity index (χ4v) is 1.33. The normalized spacial score (nSPS) is 10.0. The Morgan fingerprint density at radius 3 is 2.15 bits per heavy atom. The van der Waals surface area contributed by atoms with Crippen LogP contribution in [0.2, 0.25) is 0 Å². The largest absolute Gasteiger partial charge is 0.478 e. The number of carboxylic acids is 2. The molecule has 4 N–H and O–H groups in total. The van der Waals surface area contributed by atoms with Gasteiger partial charge in [0.2, 0.25) is 0 Å². The second-order valence-corrected chi connectivity index (χ2v) is 3.52. The van der Waals surface area contributed by atoms with Crippen LogP contribution in [0.5, 0.6) is 0 Å². The van der Waals surface area contributed by atoms with E-state index in [0.717, 1.165) is 5.39 Å². The summed E-state index contributed by atoms with van der Waals surface area (Å²) in [5, 5.41) is 16.5. The molecule has 2 aromatic rings. The van der Waals surface area contributed by atoms with Crippen molar-refractivity contribution >= 4 is 28.8 Å². The number of hydrogen-bond donors (Lipinski definition) is 3. The van der Waals surface area contributed by atoms with Gasteiger partial charge in [-0.2, -0.15) is 0 Å². The van der Waals surface area contributed by atoms with E-state index in [1.807, 2.05) is 6.07 Å². The Labute approximate surface area is 112 Å². The average Bonchev–Trinajstić information content (AvgIpc) is 2.84. The van der Waals surface area contributed by atoms with E-state index >= 15 is 0 Å². The van der Waals surface area contributed by atoms with Gasteiger partial charge in [0.25, 0.3) is 5.91 Å². The number of nitrogens with two attached hydrogens (primary N) is 1. The Hall–Kier alpha value is -3.09. The minimum absolute atomic E-state index is 0.428. The van der Waals surface area contributed by atoms with Crippen LogP contribution in [0.25, 0.3) is 11.0 Å². The standard InChI is InChI=1S/C9H7NO2.C4H4O4/c10-9(11)7-3-1-2-6-4-5-12-8(6)7;5-3(6)1-2-4(7)8/h1-5H,(H2,10,11);1-2H,(H,5,6)(H,7,8)/b;2-1+. The summed E-state index contributed by atoms with van der Waals surface area (Å²) in [4.78, 5) is 30.0. The van der Waals surface area contributed by atoms with Crippen LogP contribution in [0, 0.1) is 0 Å². The van der Waals surface area contributed by atoms with Gasteiger partial charge in [-0.3, -0.25) is 4.79 Å². The number of rotatable bonds is 3. The molecule has 1 aromatic heterocycles. The second-order valence-electron chi connectivity index (χ2n) is 3.52. The zero-order valence-electron chi connectivity index (χ0n) is 10.1. The SMILES string of the molecule is NC(=O)c1cccc2ccoc12.O=C(O)/C=C/C(=O)O. The van der Waals surface area contributed by atoms with Crippen molar-refractivity contribution in [3.05, 3.63) is 48.2 Å². The topological polar surface area (TPSA) is 131 Å². The summed E-state index contributed by atoms with van der Waals surface area (Å²) in [5.41, 5.74) is 6.13. The number of carbonyl (C=O) groups is 3. The van der Waals surface area contributed by atoms with Gasteiger partial charge in [0.15, 0.2) is 0 Å². The van der Waals surface area contributed by atoms with E-state index < -0.39 is 17.8 Å². The Kier molecular flexibility index (Phi) is 5.04. The highest BCUT2D eigenvalue weighted by Gasteiger charge is 2.07. The van der Waals surface area contributed by atoms with E-state index in [1.165, 1.54) is 6.26 Å². The fraction of sp³-hybridized carbons (Fsp3) is 0. The summed E-state index contributed by atoms with van der Waals surface area (Å²) >= 11 is 0. The molecule has 0 radical (unpaired) electrons. The first-order chi connectivity index (χ1) is 9.41. The van der Waals surface area contributed by atoms with Gasteiger partial charge < -0.3 is 20.4 Å². The van der Waals surface area contributed by atoms with E-state index in [0.29, 0.717) is 23.3 Å². The van der Waals surface area contributed by atoms with Crippen LogP contribution in [-0.2, 0) is 9.59 Å². The summed E-state index contributed by atoms with van der Waals surface area (Å²) in [6, 6.07) is 7.08. The van der Waals surface area contributed by atoms with Crippen molar-refractivity contribution in [2.45, 2.75) is 0 Å². The number of benzene rings is 1. The third kappa shape index (κ3) is 4.30. The molecule has 0 atom stereocenters. The summed E-state index contributed by atoms with van der Waals surface area (Å²) in [6.45, 7) is 0. The molecular weight excluding hydrogens is 266 g/mol. The average molecular weight is 277 g/mol. The number of carbonyl (C=O) groups excluding carboxylic acids is 1. The smallest absolute Gasteiger partial charge is 0.328 e. The van der Waals surface area contributed by atoms with Crippen molar-refractivity contribution < 1.29 is 29.0 Å². The van der Waals surface area contributed by atoms with Crippen LogP contribution in [-0.4, -0.2) is 28.1 Å². The summed E-state index contributed by atoms with van der Waals surface area (Å²) in [7, 11) is 0. The molecule has 0 aliphatic heterocycles. The molecule has 1 heterocycles. The highest BCUT2D eigenvalue weighted by Crippen LogP contribution is 2.18. The zero-order valence-corrected chi connectivity index (χ0v) is 10.1. The van der Waals surface area contributed by atoms with Crippen molar-refractivity contribution in [1.29, 1.82) is 0 Å². The number of furan rings is 1. The number of primary amides is 1. The molecule has 7 heteroatoms. The zero-order chi connectivity index (χ0) is 15.1. The van der Waals surface area contributed by atoms with Gasteiger partial charge in [-0.05, 0) is 12.1 Å². The molecule has 0 aliphatic rings. The molecule has 0 spiro atoms. The first-order valence-corrected chi connectivity index (χ1v) is 5.31. The second kappa shape index (κ2) is 6.74. The number of para-hydroxylation sites is 1. The van der Waals surface area contributed by atoms with Crippen molar-refractivity contribution in [2.75, 3.05) is 0 Å². The molecule has 20 heavy (non-hydrogen) atoms. The minimum Gasteiger partial charge on any atom is -0.478 e. The number of hydrogen-bond acceptors (Lipinski definition) is 4. The van der Waals surface area contributed by atoms with Crippen molar-refractivity contribution in [3.63, 3.8) is 0 Å². The lowest BCUT2D eigenvalue weighted by Gasteiger charge is -1.94. The lowest BCUT2D eigenvalue weighted by Crippen LogP contribution is -2.10. The van der Waals surface area contributed by atoms with Gasteiger partial charge in [0.1, 0.15) is 5.58 Å². The predicted octanol–water partition coefficient (Wildman–Crippen LogP) is 1.24. The van der Waals surface area contributed by atoms with Crippen LogP contribution >= 0.6 is 0 Å². The Morgan fingerprint density at radius 2 is 1.65 bits per heavy atom. The highest BCUT2D eigenvalue weighted by atomic mass is 16.4. The van der Waals surface area contributed by atoms with Gasteiger partial charge in [0, 0.05) is 17.5 Å². The van der Waals surface area contributed by atoms with Crippen LogP contribution in [0.4, 0.5) is 0 Å². The van der Waals surface area contributed by atoms with E-state index in [2.05, 4.69) is 0 Å². The van der Waals surface area contributed by atoms with Crippen molar-refractivity contribution in [1.82, 2.24) is 0 Å². The van der Waals surface area contributed by atoms with Gasteiger partial charge in [0.05, 0.1) is 11.8 Å². The predicted molar refractivity (Wildman–Crippen MR) is 69.1 cm³/mol. The molecular formula is C13H11NO6. The Bertz CT molecular complexity index is 654. The van der Waals surface area contributed by atoms with Gasteiger partial charge >= 0.3 is 11.9 Å². The number of fused-ring (bicyclic) bond motifs is 1. The maximum absolute atomic E-state index is 10.9. The van der Waals surface area contributed by atoms with Crippen LogP contribution < -0.4 is 5.73 Å². The van der Waals surface area contributed by atoms with Crippen LogP contribution in [0.15, 0.2) is 47.1 Å². The minimum atomic E-state index is -1.26. The van der Waals surface area contributed by atoms with Gasteiger partial charge in [-0.15, -0.1) is 0 Å². The van der Waals surface area contributed by atoms with Crippen molar-refractivity contribution in [3.8, 4) is 0 Å². The molecule has 1 amide bonds. The van der Waals surface area contributed by atoms with E-state index in [9.17, 15) is 14.4 Å². The fourth-order valence-electron chi connectivity index (χ4n) is 1.33. The molecule has 0 bridgehead atoms. The quantitative estimate of drug-likeness (QED) is 0.723. The molecule has 7 nitrogen and oxygen atoms in total. The highest BCUT2D eigenvalue weighted by molar-refractivity contribution is 6.03. The van der Waals surface area contributed by atoms with E-state index in [-0.39, 0.29) is 0 Å². The third-order valence-corrected chi connectivity index (χ3v) is 2.11. The van der Waals surface area contributed by atoms with Crippen LogP contribution in [0.3, 0.4) is 0 Å². The maximum atomic E-state index is 10.9. The van der Waals surface area contributed by atoms with Gasteiger partial charge in [-0.1, -0.05) is 12.1 Å². The van der Waals surface area contributed by atoms with E-state index in [4.69, 9.17) is 20.4 Å². The van der Waals surface area contributed by atoms with E-state index in [1.54, 1.807) is 18.2 Å². The molecule has 104 valence electrons. The molecule has 1 aromatic carbocycles. The number of carboxylic acid groups (broad SMARTS) is 2. The third-order valence-electron chi connectivity index (χ3n) is 2.11. The first kappa shape index (κ1) is 15.0. The molecule has 0 aliphatic carbocycles. The maximum Gasteiger partial charge on any atom is 0.328 e. The molecule has 0 saturated heterocycles. The summed E-state index contributed by atoms with van der Waals surface area (Å²) < 4.78 is 5.11.